The first kappa shape index (κ1) is 14.5. The van der Waals surface area contributed by atoms with E-state index in [2.05, 4.69) is 97.3 Å². The lowest BCUT2D eigenvalue weighted by Gasteiger charge is -2.26. The minimum atomic E-state index is 0.354. The molecule has 1 aliphatic carbocycles. The number of allylic oxidation sites excluding steroid dienone is 4. The first-order valence-corrected chi connectivity index (χ1v) is 9.01. The van der Waals surface area contributed by atoms with E-state index in [4.69, 9.17) is 0 Å². The van der Waals surface area contributed by atoms with Crippen molar-refractivity contribution in [2.75, 3.05) is 0 Å². The predicted molar refractivity (Wildman–Crippen MR) is 108 cm³/mol. The van der Waals surface area contributed by atoms with Gasteiger partial charge in [-0.15, -0.1) is 0 Å². The van der Waals surface area contributed by atoms with Crippen LogP contribution in [-0.4, -0.2) is 4.57 Å². The molecular formula is C24H21N. The van der Waals surface area contributed by atoms with Crippen LogP contribution in [0.5, 0.6) is 0 Å². The fraction of sp³-hybridized carbons (Fsp3) is 0.167. The summed E-state index contributed by atoms with van der Waals surface area (Å²) in [6, 6.07) is 22.4. The summed E-state index contributed by atoms with van der Waals surface area (Å²) in [7, 11) is 0. The summed E-state index contributed by atoms with van der Waals surface area (Å²) < 4.78 is 2.53. The molecule has 5 rings (SSSR count). The lowest BCUT2D eigenvalue weighted by Crippen LogP contribution is -2.16. The van der Waals surface area contributed by atoms with Crippen LogP contribution in [0.1, 0.15) is 19.9 Å². The molecule has 0 saturated carbocycles. The van der Waals surface area contributed by atoms with E-state index in [0.29, 0.717) is 12.0 Å². The van der Waals surface area contributed by atoms with Gasteiger partial charge in [0.2, 0.25) is 0 Å². The number of hydrogen-bond acceptors (Lipinski definition) is 0. The van der Waals surface area contributed by atoms with Crippen LogP contribution in [0.3, 0.4) is 0 Å². The number of aromatic nitrogens is 1. The van der Waals surface area contributed by atoms with E-state index in [9.17, 15) is 0 Å². The van der Waals surface area contributed by atoms with Crippen LogP contribution in [0, 0.1) is 5.92 Å². The quantitative estimate of drug-likeness (QED) is 0.370. The zero-order valence-electron chi connectivity index (χ0n) is 14.6. The molecule has 0 spiro atoms. The summed E-state index contributed by atoms with van der Waals surface area (Å²) in [5.41, 5.74) is 4.01. The molecular weight excluding hydrogens is 302 g/mol. The maximum atomic E-state index is 2.53. The molecule has 2 atom stereocenters. The maximum absolute atomic E-state index is 2.53. The van der Waals surface area contributed by atoms with Crippen molar-refractivity contribution in [1.29, 1.82) is 0 Å². The summed E-state index contributed by atoms with van der Waals surface area (Å²) in [5.74, 6) is 0.482. The number of nitrogens with zero attached hydrogens (tertiary/aromatic N) is 1. The SMILES string of the molecule is CC1=CC(C)C(n2c3ccccc3c3c4ccccc4ccc32)C=C1. The third-order valence-corrected chi connectivity index (χ3v) is 5.52. The van der Waals surface area contributed by atoms with E-state index in [-0.39, 0.29) is 0 Å². The fourth-order valence-corrected chi connectivity index (χ4v) is 4.41. The van der Waals surface area contributed by atoms with Crippen molar-refractivity contribution in [3.05, 3.63) is 84.5 Å². The minimum absolute atomic E-state index is 0.354. The summed E-state index contributed by atoms with van der Waals surface area (Å²) in [4.78, 5) is 0. The van der Waals surface area contributed by atoms with Gasteiger partial charge in [0.1, 0.15) is 0 Å². The van der Waals surface area contributed by atoms with Gasteiger partial charge in [0.25, 0.3) is 0 Å². The zero-order chi connectivity index (χ0) is 17.0. The van der Waals surface area contributed by atoms with Crippen LogP contribution in [-0.2, 0) is 0 Å². The van der Waals surface area contributed by atoms with E-state index in [0.717, 1.165) is 0 Å². The number of benzene rings is 3. The Balaban J connectivity index is 1.93. The molecule has 25 heavy (non-hydrogen) atoms. The van der Waals surface area contributed by atoms with E-state index in [1.807, 2.05) is 0 Å². The first-order valence-electron chi connectivity index (χ1n) is 9.01. The maximum Gasteiger partial charge on any atom is 0.0586 e. The Hall–Kier alpha value is -2.80. The normalized spacial score (nSPS) is 20.5. The van der Waals surface area contributed by atoms with Gasteiger partial charge < -0.3 is 4.57 Å². The van der Waals surface area contributed by atoms with Crippen LogP contribution < -0.4 is 0 Å². The van der Waals surface area contributed by atoms with Gasteiger partial charge in [-0.05, 0) is 35.7 Å². The lowest BCUT2D eigenvalue weighted by atomic mass is 9.93. The molecule has 3 aromatic carbocycles. The largest absolute Gasteiger partial charge is 0.333 e. The van der Waals surface area contributed by atoms with Gasteiger partial charge in [-0.2, -0.15) is 0 Å². The van der Waals surface area contributed by atoms with Crippen molar-refractivity contribution in [3.8, 4) is 0 Å². The molecule has 122 valence electrons. The summed E-state index contributed by atoms with van der Waals surface area (Å²) in [5, 5.41) is 5.37. The predicted octanol–water partition coefficient (Wildman–Crippen LogP) is 6.64. The van der Waals surface area contributed by atoms with Gasteiger partial charge >= 0.3 is 0 Å². The monoisotopic (exact) mass is 323 g/mol. The lowest BCUT2D eigenvalue weighted by molar-refractivity contribution is 0.507. The Morgan fingerprint density at radius 3 is 2.40 bits per heavy atom. The molecule has 0 aliphatic heterocycles. The Morgan fingerprint density at radius 1 is 0.800 bits per heavy atom. The van der Waals surface area contributed by atoms with Crippen LogP contribution in [0.4, 0.5) is 0 Å². The average molecular weight is 323 g/mol. The number of rotatable bonds is 1. The molecule has 0 amide bonds. The Morgan fingerprint density at radius 2 is 1.56 bits per heavy atom. The van der Waals surface area contributed by atoms with Gasteiger partial charge in [-0.3, -0.25) is 0 Å². The second-order valence-electron chi connectivity index (χ2n) is 7.19. The molecule has 0 fully saturated rings. The Bertz CT molecular complexity index is 1170. The van der Waals surface area contributed by atoms with Gasteiger partial charge in [0, 0.05) is 16.3 Å². The molecule has 4 aromatic rings. The molecule has 0 N–H and O–H groups in total. The van der Waals surface area contributed by atoms with Gasteiger partial charge in [-0.1, -0.05) is 79.3 Å². The highest BCUT2D eigenvalue weighted by Gasteiger charge is 2.22. The number of fused-ring (bicyclic) bond motifs is 5. The molecule has 2 unspecified atom stereocenters. The smallest absolute Gasteiger partial charge is 0.0586 e. The zero-order valence-corrected chi connectivity index (χ0v) is 14.6. The van der Waals surface area contributed by atoms with E-state index in [1.165, 1.54) is 38.2 Å². The molecule has 1 nitrogen and oxygen atoms in total. The fourth-order valence-electron chi connectivity index (χ4n) is 4.41. The second kappa shape index (κ2) is 5.35. The standard InChI is InChI=1S/C24H21N/c1-16-11-13-21(17(2)15-16)25-22-10-6-5-9-20(22)24-19-8-4-3-7-18(19)12-14-23(24)25/h3-15,17,21H,1-2H3. The topological polar surface area (TPSA) is 4.93 Å². The highest BCUT2D eigenvalue weighted by atomic mass is 15.0. The highest BCUT2D eigenvalue weighted by molar-refractivity contribution is 6.20. The van der Waals surface area contributed by atoms with Crippen LogP contribution >= 0.6 is 0 Å². The third kappa shape index (κ3) is 2.09. The number of hydrogen-bond donors (Lipinski definition) is 0. The molecule has 1 aromatic heterocycles. The molecule has 0 radical (unpaired) electrons. The van der Waals surface area contributed by atoms with Crippen molar-refractivity contribution >= 4 is 32.6 Å². The second-order valence-corrected chi connectivity index (χ2v) is 7.19. The molecule has 1 heterocycles. The average Bonchev–Trinajstić information content (AvgIpc) is 2.97. The van der Waals surface area contributed by atoms with Gasteiger partial charge in [0.15, 0.2) is 0 Å². The van der Waals surface area contributed by atoms with Crippen molar-refractivity contribution in [2.45, 2.75) is 19.9 Å². The van der Waals surface area contributed by atoms with E-state index in [1.54, 1.807) is 0 Å². The Kier molecular flexibility index (Phi) is 3.11. The van der Waals surface area contributed by atoms with Crippen LogP contribution in [0.15, 0.2) is 84.5 Å². The minimum Gasteiger partial charge on any atom is -0.333 e. The molecule has 0 saturated heterocycles. The molecule has 1 aliphatic rings. The van der Waals surface area contributed by atoms with E-state index < -0.39 is 0 Å². The third-order valence-electron chi connectivity index (χ3n) is 5.52. The van der Waals surface area contributed by atoms with E-state index >= 15 is 0 Å². The summed E-state index contributed by atoms with van der Waals surface area (Å²) in [6.45, 7) is 4.50. The van der Waals surface area contributed by atoms with Crippen molar-refractivity contribution in [1.82, 2.24) is 4.57 Å². The van der Waals surface area contributed by atoms with Crippen molar-refractivity contribution < 1.29 is 0 Å². The van der Waals surface area contributed by atoms with Crippen LogP contribution in [0.2, 0.25) is 0 Å². The first-order chi connectivity index (χ1) is 12.2. The van der Waals surface area contributed by atoms with Gasteiger partial charge in [-0.25, -0.2) is 0 Å². The van der Waals surface area contributed by atoms with Crippen molar-refractivity contribution in [2.24, 2.45) is 5.92 Å². The molecule has 0 bridgehead atoms. The summed E-state index contributed by atoms with van der Waals surface area (Å²) in [6.07, 6.45) is 7.00. The van der Waals surface area contributed by atoms with Gasteiger partial charge in [0.05, 0.1) is 11.6 Å². The number of para-hydroxylation sites is 1. The van der Waals surface area contributed by atoms with Crippen LogP contribution in [0.25, 0.3) is 32.6 Å². The Labute approximate surface area is 147 Å². The summed E-state index contributed by atoms with van der Waals surface area (Å²) >= 11 is 0. The highest BCUT2D eigenvalue weighted by Crippen LogP contribution is 2.39. The van der Waals surface area contributed by atoms with Crippen molar-refractivity contribution in [3.63, 3.8) is 0 Å². The molecule has 1 heteroatoms.